The lowest BCUT2D eigenvalue weighted by molar-refractivity contribution is 0.230. The zero-order valence-corrected chi connectivity index (χ0v) is 15.0. The fourth-order valence-electron chi connectivity index (χ4n) is 2.55. The summed E-state index contributed by atoms with van der Waals surface area (Å²) in [6.45, 7) is 4.31. The highest BCUT2D eigenvalue weighted by Crippen LogP contribution is 2.49. The van der Waals surface area contributed by atoms with Crippen molar-refractivity contribution in [2.75, 3.05) is 32.2 Å². The van der Waals surface area contributed by atoms with Gasteiger partial charge in [-0.2, -0.15) is 0 Å². The molecule has 0 atom stereocenters. The summed E-state index contributed by atoms with van der Waals surface area (Å²) in [6, 6.07) is 15.6. The predicted molar refractivity (Wildman–Crippen MR) is 96.7 cm³/mol. The average Bonchev–Trinajstić information content (AvgIpc) is 2.55. The van der Waals surface area contributed by atoms with Crippen LogP contribution in [0.25, 0.3) is 11.1 Å². The Morgan fingerprint density at radius 3 is 1.96 bits per heavy atom. The molecular formula is C18H24NO3P. The molecule has 0 aromatic heterocycles. The lowest BCUT2D eigenvalue weighted by atomic mass is 10.0. The average molecular weight is 333 g/mol. The summed E-state index contributed by atoms with van der Waals surface area (Å²) in [4.78, 5) is 2.04. The molecule has 2 aromatic rings. The highest BCUT2D eigenvalue weighted by Gasteiger charge is 2.30. The Kier molecular flexibility index (Phi) is 6.00. The molecule has 0 radical (unpaired) electrons. The van der Waals surface area contributed by atoms with Crippen molar-refractivity contribution >= 4 is 18.6 Å². The fraction of sp³-hybridized carbons (Fsp3) is 0.333. The van der Waals surface area contributed by atoms with Crippen molar-refractivity contribution in [3.8, 4) is 11.1 Å². The van der Waals surface area contributed by atoms with Crippen LogP contribution >= 0.6 is 7.60 Å². The van der Waals surface area contributed by atoms with E-state index in [0.29, 0.717) is 18.5 Å². The minimum absolute atomic E-state index is 0.334. The molecule has 0 amide bonds. The van der Waals surface area contributed by atoms with Crippen LogP contribution in [0.4, 0.5) is 5.69 Å². The maximum Gasteiger partial charge on any atom is 0.361 e. The van der Waals surface area contributed by atoms with E-state index in [-0.39, 0.29) is 0 Å². The second kappa shape index (κ2) is 7.78. The molecule has 124 valence electrons. The normalized spacial score (nSPS) is 11.5. The monoisotopic (exact) mass is 333 g/mol. The molecular weight excluding hydrogens is 309 g/mol. The first kappa shape index (κ1) is 17.7. The second-order valence-electron chi connectivity index (χ2n) is 5.26. The SMILES string of the molecule is CCOP(=O)(OCC)c1ccccc1-c1ccccc1N(C)C. The molecule has 0 unspecified atom stereocenters. The first-order chi connectivity index (χ1) is 11.0. The summed E-state index contributed by atoms with van der Waals surface area (Å²) in [5.41, 5.74) is 2.94. The van der Waals surface area contributed by atoms with Crippen LogP contribution in [0.3, 0.4) is 0 Å². The van der Waals surface area contributed by atoms with Crippen molar-refractivity contribution in [1.82, 2.24) is 0 Å². The largest absolute Gasteiger partial charge is 0.377 e. The standard InChI is InChI=1S/C18H24NO3P/c1-5-21-23(20,22-6-2)18-14-10-8-12-16(18)15-11-7-9-13-17(15)19(3)4/h7-14H,5-6H2,1-4H3. The summed E-state index contributed by atoms with van der Waals surface area (Å²) in [5, 5.41) is 0.609. The maximum absolute atomic E-state index is 13.2. The van der Waals surface area contributed by atoms with Crippen molar-refractivity contribution in [1.29, 1.82) is 0 Å². The van der Waals surface area contributed by atoms with E-state index in [1.165, 1.54) is 0 Å². The number of benzene rings is 2. The van der Waals surface area contributed by atoms with Crippen molar-refractivity contribution in [2.45, 2.75) is 13.8 Å². The number of para-hydroxylation sites is 1. The van der Waals surface area contributed by atoms with Gasteiger partial charge in [0.15, 0.2) is 0 Å². The summed E-state index contributed by atoms with van der Waals surface area (Å²) < 4.78 is 24.3. The molecule has 0 bridgehead atoms. The van der Waals surface area contributed by atoms with E-state index in [9.17, 15) is 4.57 Å². The van der Waals surface area contributed by atoms with Gasteiger partial charge in [0.2, 0.25) is 0 Å². The molecule has 0 saturated carbocycles. The van der Waals surface area contributed by atoms with Gasteiger partial charge in [0.05, 0.1) is 18.5 Å². The Labute approximate surface area is 138 Å². The Hall–Kier alpha value is -1.61. The van der Waals surface area contributed by atoms with Gasteiger partial charge in [-0.3, -0.25) is 4.57 Å². The molecule has 2 rings (SSSR count). The lowest BCUT2D eigenvalue weighted by Gasteiger charge is -2.23. The van der Waals surface area contributed by atoms with Crippen LogP contribution in [0.1, 0.15) is 13.8 Å². The van der Waals surface area contributed by atoms with Crippen LogP contribution < -0.4 is 10.2 Å². The van der Waals surface area contributed by atoms with E-state index in [4.69, 9.17) is 9.05 Å². The fourth-order valence-corrected chi connectivity index (χ4v) is 4.34. The molecule has 0 aliphatic heterocycles. The zero-order chi connectivity index (χ0) is 16.9. The topological polar surface area (TPSA) is 38.8 Å². The summed E-state index contributed by atoms with van der Waals surface area (Å²) in [7, 11) is 0.641. The number of anilines is 1. The number of hydrogen-bond acceptors (Lipinski definition) is 4. The van der Waals surface area contributed by atoms with Gasteiger partial charge in [0.25, 0.3) is 0 Å². The Morgan fingerprint density at radius 2 is 1.39 bits per heavy atom. The molecule has 0 saturated heterocycles. The third-order valence-corrected chi connectivity index (χ3v) is 5.65. The molecule has 5 heteroatoms. The first-order valence-corrected chi connectivity index (χ1v) is 9.33. The Morgan fingerprint density at radius 1 is 0.870 bits per heavy atom. The van der Waals surface area contributed by atoms with Crippen molar-refractivity contribution in [2.24, 2.45) is 0 Å². The van der Waals surface area contributed by atoms with Crippen LogP contribution in [0.5, 0.6) is 0 Å². The summed E-state index contributed by atoms with van der Waals surface area (Å²) >= 11 is 0. The highest BCUT2D eigenvalue weighted by atomic mass is 31.2. The molecule has 0 aliphatic rings. The van der Waals surface area contributed by atoms with Gasteiger partial charge in [-0.15, -0.1) is 0 Å². The quantitative estimate of drug-likeness (QED) is 0.708. The minimum Gasteiger partial charge on any atom is -0.377 e. The van der Waals surface area contributed by atoms with Crippen molar-refractivity contribution in [3.63, 3.8) is 0 Å². The molecule has 0 N–H and O–H groups in total. The smallest absolute Gasteiger partial charge is 0.361 e. The van der Waals surface area contributed by atoms with Crippen molar-refractivity contribution in [3.05, 3.63) is 48.5 Å². The predicted octanol–water partition coefficient (Wildman–Crippen LogP) is 4.31. The Balaban J connectivity index is 2.65. The van der Waals surface area contributed by atoms with Crippen LogP contribution in [0.15, 0.2) is 48.5 Å². The molecule has 4 nitrogen and oxygen atoms in total. The van der Waals surface area contributed by atoms with E-state index in [0.717, 1.165) is 16.8 Å². The minimum atomic E-state index is -3.34. The van der Waals surface area contributed by atoms with E-state index in [2.05, 4.69) is 0 Å². The summed E-state index contributed by atoms with van der Waals surface area (Å²) in [5.74, 6) is 0. The molecule has 23 heavy (non-hydrogen) atoms. The molecule has 0 spiro atoms. The van der Waals surface area contributed by atoms with Crippen LogP contribution in [-0.4, -0.2) is 27.3 Å². The van der Waals surface area contributed by atoms with Gasteiger partial charge in [0, 0.05) is 25.3 Å². The summed E-state index contributed by atoms with van der Waals surface area (Å²) in [6.07, 6.45) is 0. The molecule has 0 heterocycles. The van der Waals surface area contributed by atoms with Crippen LogP contribution in [0, 0.1) is 0 Å². The third kappa shape index (κ3) is 3.84. The second-order valence-corrected chi connectivity index (χ2v) is 7.25. The number of rotatable bonds is 7. The van der Waals surface area contributed by atoms with Gasteiger partial charge in [-0.05, 0) is 31.5 Å². The molecule has 2 aromatic carbocycles. The lowest BCUT2D eigenvalue weighted by Crippen LogP contribution is -2.15. The van der Waals surface area contributed by atoms with Gasteiger partial charge in [0.1, 0.15) is 0 Å². The van der Waals surface area contributed by atoms with Gasteiger partial charge >= 0.3 is 7.60 Å². The van der Waals surface area contributed by atoms with Gasteiger partial charge < -0.3 is 13.9 Å². The Bertz CT molecular complexity index is 690. The van der Waals surface area contributed by atoms with Crippen LogP contribution in [0.2, 0.25) is 0 Å². The molecule has 0 aliphatic carbocycles. The number of nitrogens with zero attached hydrogens (tertiary/aromatic N) is 1. The van der Waals surface area contributed by atoms with E-state index in [1.54, 1.807) is 0 Å². The van der Waals surface area contributed by atoms with E-state index in [1.807, 2.05) is 81.4 Å². The van der Waals surface area contributed by atoms with Crippen LogP contribution in [-0.2, 0) is 13.6 Å². The van der Waals surface area contributed by atoms with E-state index < -0.39 is 7.60 Å². The molecule has 0 fully saturated rings. The first-order valence-electron chi connectivity index (χ1n) is 7.79. The van der Waals surface area contributed by atoms with E-state index >= 15 is 0 Å². The third-order valence-electron chi connectivity index (χ3n) is 3.47. The maximum atomic E-state index is 13.2. The van der Waals surface area contributed by atoms with Crippen molar-refractivity contribution < 1.29 is 13.6 Å². The number of hydrogen-bond donors (Lipinski definition) is 0. The zero-order valence-electron chi connectivity index (χ0n) is 14.2. The van der Waals surface area contributed by atoms with Gasteiger partial charge in [-0.25, -0.2) is 0 Å². The highest BCUT2D eigenvalue weighted by molar-refractivity contribution is 7.62. The van der Waals surface area contributed by atoms with Gasteiger partial charge in [-0.1, -0.05) is 36.4 Å².